The molecule has 3 rings (SSSR count). The number of nitrogens with zero attached hydrogens (tertiary/aromatic N) is 4. The summed E-state index contributed by atoms with van der Waals surface area (Å²) in [5, 5.41) is 8.75. The van der Waals surface area contributed by atoms with Crippen LogP contribution in [0.1, 0.15) is 30.7 Å². The van der Waals surface area contributed by atoms with Crippen molar-refractivity contribution in [3.63, 3.8) is 0 Å². The molecule has 1 aromatic carbocycles. The largest absolute Gasteiger partial charge is 0.410 e. The third-order valence-corrected chi connectivity index (χ3v) is 4.53. The number of hydrogen-bond donors (Lipinski definition) is 2. The van der Waals surface area contributed by atoms with Crippen LogP contribution >= 0.6 is 0 Å². The molecule has 2 heterocycles. The molecule has 0 aliphatic heterocycles. The fourth-order valence-electron chi connectivity index (χ4n) is 3.24. The summed E-state index contributed by atoms with van der Waals surface area (Å²) in [6, 6.07) is 6.86. The summed E-state index contributed by atoms with van der Waals surface area (Å²) in [5.41, 5.74) is 13.4. The molecular formula is C21H26N6O3. The first-order valence-electron chi connectivity index (χ1n) is 9.77. The van der Waals surface area contributed by atoms with Crippen LogP contribution in [0, 0.1) is 5.92 Å². The molecule has 0 spiro atoms. The van der Waals surface area contributed by atoms with E-state index >= 15 is 0 Å². The predicted octanol–water partition coefficient (Wildman–Crippen LogP) is 1.63. The molecule has 0 fully saturated rings. The predicted molar refractivity (Wildman–Crippen MR) is 113 cm³/mol. The van der Waals surface area contributed by atoms with Crippen molar-refractivity contribution in [3.05, 3.63) is 69.9 Å². The number of carbonyl (C=O) groups is 1. The van der Waals surface area contributed by atoms with E-state index in [0.29, 0.717) is 43.3 Å². The molecule has 2 aromatic heterocycles. The van der Waals surface area contributed by atoms with E-state index < -0.39 is 6.09 Å². The number of ether oxygens (including phenoxy) is 1. The average Bonchev–Trinajstić information content (AvgIpc) is 3.14. The van der Waals surface area contributed by atoms with Gasteiger partial charge in [0.05, 0.1) is 18.9 Å². The Morgan fingerprint density at radius 3 is 2.77 bits per heavy atom. The Kier molecular flexibility index (Phi) is 6.63. The van der Waals surface area contributed by atoms with Crippen LogP contribution in [0.15, 0.2) is 47.7 Å². The van der Waals surface area contributed by atoms with Crippen LogP contribution in [0.2, 0.25) is 0 Å². The van der Waals surface area contributed by atoms with Gasteiger partial charge in [-0.15, -0.1) is 0 Å². The highest BCUT2D eigenvalue weighted by Crippen LogP contribution is 2.27. The third-order valence-electron chi connectivity index (χ3n) is 4.53. The smallest absolute Gasteiger partial charge is 0.409 e. The Bertz CT molecular complexity index is 1090. The second kappa shape index (κ2) is 9.36. The lowest BCUT2D eigenvalue weighted by atomic mass is 9.94. The SMILES string of the molecule is CC(C)Cc1c(Cc2nn(-c3cnn(CCN)c3)ccc2=O)cccc1OC(N)=O. The Hall–Kier alpha value is -3.46. The van der Waals surface area contributed by atoms with Gasteiger partial charge in [0, 0.05) is 25.2 Å². The summed E-state index contributed by atoms with van der Waals surface area (Å²) in [4.78, 5) is 23.8. The molecule has 158 valence electrons. The lowest BCUT2D eigenvalue weighted by Gasteiger charge is -2.16. The van der Waals surface area contributed by atoms with Crippen LogP contribution in [-0.4, -0.2) is 32.2 Å². The highest BCUT2D eigenvalue weighted by atomic mass is 16.5. The molecule has 0 aliphatic rings. The summed E-state index contributed by atoms with van der Waals surface area (Å²) < 4.78 is 8.52. The Labute approximate surface area is 174 Å². The number of amides is 1. The molecule has 0 bridgehead atoms. The summed E-state index contributed by atoms with van der Waals surface area (Å²) in [7, 11) is 0. The van der Waals surface area contributed by atoms with Gasteiger partial charge in [0.1, 0.15) is 17.1 Å². The van der Waals surface area contributed by atoms with Crippen molar-refractivity contribution in [1.82, 2.24) is 19.6 Å². The zero-order valence-electron chi connectivity index (χ0n) is 17.1. The van der Waals surface area contributed by atoms with Gasteiger partial charge in [0.2, 0.25) is 5.43 Å². The van der Waals surface area contributed by atoms with E-state index in [0.717, 1.165) is 16.8 Å². The van der Waals surface area contributed by atoms with Crippen molar-refractivity contribution in [2.24, 2.45) is 17.4 Å². The molecule has 4 N–H and O–H groups in total. The van der Waals surface area contributed by atoms with Crippen molar-refractivity contribution < 1.29 is 9.53 Å². The maximum Gasteiger partial charge on any atom is 0.409 e. The zero-order chi connectivity index (χ0) is 21.7. The minimum Gasteiger partial charge on any atom is -0.410 e. The van der Waals surface area contributed by atoms with E-state index in [-0.39, 0.29) is 5.43 Å². The summed E-state index contributed by atoms with van der Waals surface area (Å²) >= 11 is 0. The average molecular weight is 410 g/mol. The van der Waals surface area contributed by atoms with Crippen LogP contribution in [0.5, 0.6) is 5.75 Å². The topological polar surface area (TPSA) is 131 Å². The molecule has 0 saturated carbocycles. The molecule has 0 radical (unpaired) electrons. The van der Waals surface area contributed by atoms with Crippen molar-refractivity contribution in [2.45, 2.75) is 33.2 Å². The summed E-state index contributed by atoms with van der Waals surface area (Å²) in [6.07, 6.45) is 5.20. The summed E-state index contributed by atoms with van der Waals surface area (Å²) in [6.45, 7) is 5.21. The van der Waals surface area contributed by atoms with Crippen molar-refractivity contribution in [3.8, 4) is 11.4 Å². The number of carbonyl (C=O) groups excluding carboxylic acids is 1. The molecule has 0 saturated heterocycles. The van der Waals surface area contributed by atoms with Crippen LogP contribution in [0.25, 0.3) is 5.69 Å². The maximum atomic E-state index is 12.5. The van der Waals surface area contributed by atoms with Gasteiger partial charge in [-0.1, -0.05) is 26.0 Å². The first-order chi connectivity index (χ1) is 14.4. The number of benzene rings is 1. The van der Waals surface area contributed by atoms with E-state index in [2.05, 4.69) is 24.0 Å². The fraction of sp³-hybridized carbons (Fsp3) is 0.333. The van der Waals surface area contributed by atoms with E-state index in [1.54, 1.807) is 33.9 Å². The second-order valence-corrected chi connectivity index (χ2v) is 7.41. The molecule has 9 heteroatoms. The number of nitrogens with two attached hydrogens (primary N) is 2. The number of hydrogen-bond acceptors (Lipinski definition) is 6. The van der Waals surface area contributed by atoms with Crippen LogP contribution in [0.4, 0.5) is 4.79 Å². The van der Waals surface area contributed by atoms with Crippen molar-refractivity contribution in [2.75, 3.05) is 6.54 Å². The lowest BCUT2D eigenvalue weighted by Crippen LogP contribution is -2.19. The van der Waals surface area contributed by atoms with Gasteiger partial charge in [-0.2, -0.15) is 10.2 Å². The van der Waals surface area contributed by atoms with E-state index in [9.17, 15) is 9.59 Å². The van der Waals surface area contributed by atoms with Gasteiger partial charge in [0.25, 0.3) is 0 Å². The monoisotopic (exact) mass is 410 g/mol. The molecule has 0 aliphatic carbocycles. The van der Waals surface area contributed by atoms with Crippen LogP contribution < -0.4 is 21.6 Å². The van der Waals surface area contributed by atoms with Crippen LogP contribution in [-0.2, 0) is 19.4 Å². The van der Waals surface area contributed by atoms with Gasteiger partial charge in [0.15, 0.2) is 0 Å². The Morgan fingerprint density at radius 2 is 2.07 bits per heavy atom. The number of rotatable bonds is 8. The van der Waals surface area contributed by atoms with E-state index in [1.165, 1.54) is 6.07 Å². The molecule has 9 nitrogen and oxygen atoms in total. The van der Waals surface area contributed by atoms with E-state index in [1.807, 2.05) is 12.3 Å². The van der Waals surface area contributed by atoms with Gasteiger partial charge in [-0.05, 0) is 29.5 Å². The highest BCUT2D eigenvalue weighted by Gasteiger charge is 2.16. The van der Waals surface area contributed by atoms with E-state index in [4.69, 9.17) is 16.2 Å². The van der Waals surface area contributed by atoms with Gasteiger partial charge >= 0.3 is 6.09 Å². The maximum absolute atomic E-state index is 12.5. The third kappa shape index (κ3) is 5.12. The first-order valence-corrected chi connectivity index (χ1v) is 9.77. The highest BCUT2D eigenvalue weighted by molar-refractivity contribution is 5.69. The fourth-order valence-corrected chi connectivity index (χ4v) is 3.24. The minimum absolute atomic E-state index is 0.169. The quantitative estimate of drug-likeness (QED) is 0.580. The standard InChI is InChI=1S/C21H26N6O3/c1-14(2)10-17-15(4-3-5-20(17)30-21(23)29)11-18-19(28)6-8-27(25-18)16-12-24-26(13-16)9-7-22/h3-6,8,12-14H,7,9-11,22H2,1-2H3,(H2,23,29). The van der Waals surface area contributed by atoms with Crippen LogP contribution in [0.3, 0.4) is 0 Å². The number of aromatic nitrogens is 4. The second-order valence-electron chi connectivity index (χ2n) is 7.41. The molecular weight excluding hydrogens is 384 g/mol. The Morgan fingerprint density at radius 1 is 1.27 bits per heavy atom. The lowest BCUT2D eigenvalue weighted by molar-refractivity contribution is 0.210. The molecule has 1 amide bonds. The minimum atomic E-state index is -0.869. The molecule has 30 heavy (non-hydrogen) atoms. The van der Waals surface area contributed by atoms with Gasteiger partial charge in [-0.3, -0.25) is 9.48 Å². The Balaban J connectivity index is 1.97. The molecule has 0 atom stereocenters. The van der Waals surface area contributed by atoms with Gasteiger partial charge < -0.3 is 16.2 Å². The molecule has 3 aromatic rings. The van der Waals surface area contributed by atoms with Crippen molar-refractivity contribution in [1.29, 1.82) is 0 Å². The van der Waals surface area contributed by atoms with Gasteiger partial charge in [-0.25, -0.2) is 9.48 Å². The summed E-state index contributed by atoms with van der Waals surface area (Å²) in [5.74, 6) is 0.725. The zero-order valence-corrected chi connectivity index (χ0v) is 17.1. The number of primary amides is 1. The van der Waals surface area contributed by atoms with Crippen molar-refractivity contribution >= 4 is 6.09 Å². The first kappa shape index (κ1) is 21.3. The molecule has 0 unspecified atom stereocenters. The normalized spacial score (nSPS) is 11.1.